The van der Waals surface area contributed by atoms with Crippen molar-refractivity contribution in [1.29, 1.82) is 0 Å². The van der Waals surface area contributed by atoms with E-state index < -0.39 is 0 Å². The van der Waals surface area contributed by atoms with Crippen molar-refractivity contribution in [3.8, 4) is 0 Å². The topological polar surface area (TPSA) is 87.5 Å². The van der Waals surface area contributed by atoms with E-state index in [4.69, 9.17) is 4.42 Å². The maximum Gasteiger partial charge on any atom is 0.274 e. The average molecular weight is 435 g/mol. The first-order chi connectivity index (χ1) is 15.3. The number of carbonyl (C=O) groups excluding carboxylic acids is 2. The molecule has 2 amide bonds. The Kier molecular flexibility index (Phi) is 7.78. The molecule has 0 fully saturated rings. The van der Waals surface area contributed by atoms with Crippen molar-refractivity contribution in [1.82, 2.24) is 15.2 Å². The molecule has 32 heavy (non-hydrogen) atoms. The van der Waals surface area contributed by atoms with E-state index in [1.807, 2.05) is 31.2 Å². The second-order valence-electron chi connectivity index (χ2n) is 8.10. The molecule has 0 saturated heterocycles. The van der Waals surface area contributed by atoms with Gasteiger partial charge in [0.2, 0.25) is 0 Å². The molecule has 168 valence electrons. The number of carbonyl (C=O) groups is 2. The Morgan fingerprint density at radius 1 is 1.12 bits per heavy atom. The molecule has 0 aliphatic heterocycles. The lowest BCUT2D eigenvalue weighted by Gasteiger charge is -2.15. The van der Waals surface area contributed by atoms with Gasteiger partial charge in [0, 0.05) is 44.0 Å². The minimum absolute atomic E-state index is 0.123. The smallest absolute Gasteiger partial charge is 0.274 e. The van der Waals surface area contributed by atoms with Gasteiger partial charge in [-0.25, -0.2) is 0 Å². The minimum Gasteiger partial charge on any atom is -0.466 e. The molecule has 2 N–H and O–H groups in total. The summed E-state index contributed by atoms with van der Waals surface area (Å²) >= 11 is 0. The van der Waals surface area contributed by atoms with Crippen LogP contribution in [0.15, 0.2) is 59.1 Å². The minimum atomic E-state index is -0.318. The molecule has 1 atom stereocenters. The third kappa shape index (κ3) is 6.28. The maximum atomic E-state index is 12.6. The summed E-state index contributed by atoms with van der Waals surface area (Å²) in [6.45, 7) is 5.45. The summed E-state index contributed by atoms with van der Waals surface area (Å²) < 4.78 is 5.70. The van der Waals surface area contributed by atoms with Gasteiger partial charge in [0.15, 0.2) is 0 Å². The predicted octanol–water partition coefficient (Wildman–Crippen LogP) is 4.22. The number of aromatic nitrogens is 1. The maximum absolute atomic E-state index is 12.6. The fourth-order valence-corrected chi connectivity index (χ4v) is 3.35. The van der Waals surface area contributed by atoms with Crippen molar-refractivity contribution in [3.63, 3.8) is 0 Å². The Bertz CT molecular complexity index is 1060. The zero-order chi connectivity index (χ0) is 23.1. The highest BCUT2D eigenvalue weighted by atomic mass is 16.3. The van der Waals surface area contributed by atoms with Gasteiger partial charge in [-0.1, -0.05) is 13.0 Å². The molecule has 3 rings (SSSR count). The number of nitrogens with one attached hydrogen (secondary N) is 2. The number of anilines is 1. The second-order valence-corrected chi connectivity index (χ2v) is 8.10. The summed E-state index contributed by atoms with van der Waals surface area (Å²) in [5.41, 5.74) is 2.31. The first-order valence-electron chi connectivity index (χ1n) is 10.7. The first-order valence-corrected chi connectivity index (χ1v) is 10.7. The van der Waals surface area contributed by atoms with Crippen LogP contribution in [-0.4, -0.2) is 42.3 Å². The molecule has 1 aromatic carbocycles. The number of amides is 2. The third-order valence-electron chi connectivity index (χ3n) is 5.13. The van der Waals surface area contributed by atoms with E-state index in [-0.39, 0.29) is 11.8 Å². The molecule has 0 spiro atoms. The van der Waals surface area contributed by atoms with Crippen LogP contribution in [0.5, 0.6) is 0 Å². The molecule has 0 aliphatic carbocycles. The van der Waals surface area contributed by atoms with Crippen LogP contribution in [-0.2, 0) is 6.54 Å². The highest BCUT2D eigenvalue weighted by Crippen LogP contribution is 2.21. The number of aryl methyl sites for hydroxylation is 1. The number of furan rings is 1. The van der Waals surface area contributed by atoms with Crippen molar-refractivity contribution in [2.24, 2.45) is 0 Å². The summed E-state index contributed by atoms with van der Waals surface area (Å²) in [6.07, 6.45) is 2.49. The Labute approximate surface area is 188 Å². The van der Waals surface area contributed by atoms with Gasteiger partial charge in [-0.05, 0) is 67.9 Å². The largest absolute Gasteiger partial charge is 0.466 e. The summed E-state index contributed by atoms with van der Waals surface area (Å²) in [4.78, 5) is 30.7. The Hall–Kier alpha value is -3.45. The van der Waals surface area contributed by atoms with Gasteiger partial charge in [-0.15, -0.1) is 0 Å². The Balaban J connectivity index is 1.67. The number of rotatable bonds is 9. The monoisotopic (exact) mass is 434 g/mol. The van der Waals surface area contributed by atoms with Crippen LogP contribution >= 0.6 is 0 Å². The van der Waals surface area contributed by atoms with Gasteiger partial charge in [0.25, 0.3) is 11.8 Å². The SMILES string of the molecule is Cc1ccc(C(C)CCNCc2cc(NC(=O)c3ccccn3)cc(C(=O)N(C)C)c2)o1. The number of nitrogens with zero attached hydrogens (tertiary/aromatic N) is 2. The molecule has 0 bridgehead atoms. The van der Waals surface area contributed by atoms with E-state index in [2.05, 4.69) is 22.5 Å². The number of hydrogen-bond donors (Lipinski definition) is 2. The van der Waals surface area contributed by atoms with Crippen LogP contribution in [0.25, 0.3) is 0 Å². The second kappa shape index (κ2) is 10.7. The number of hydrogen-bond acceptors (Lipinski definition) is 5. The van der Waals surface area contributed by atoms with E-state index in [9.17, 15) is 9.59 Å². The Morgan fingerprint density at radius 2 is 1.94 bits per heavy atom. The van der Waals surface area contributed by atoms with Crippen LogP contribution in [0.4, 0.5) is 5.69 Å². The summed E-state index contributed by atoms with van der Waals surface area (Å²) in [5, 5.41) is 6.28. The molecular formula is C25H30N4O3. The zero-order valence-electron chi connectivity index (χ0n) is 19.0. The summed E-state index contributed by atoms with van der Waals surface area (Å²) in [5.74, 6) is 1.78. The van der Waals surface area contributed by atoms with Gasteiger partial charge in [-0.3, -0.25) is 14.6 Å². The van der Waals surface area contributed by atoms with Crippen LogP contribution in [0.2, 0.25) is 0 Å². The van der Waals surface area contributed by atoms with E-state index >= 15 is 0 Å². The van der Waals surface area contributed by atoms with Crippen molar-refractivity contribution in [3.05, 3.63) is 83.1 Å². The fraction of sp³-hybridized carbons (Fsp3) is 0.320. The highest BCUT2D eigenvalue weighted by molar-refractivity contribution is 6.04. The lowest BCUT2D eigenvalue weighted by molar-refractivity contribution is 0.0827. The standard InChI is InChI=1S/C25H30N4O3/c1-17(23-9-8-18(2)32-23)10-12-26-16-19-13-20(25(31)29(3)4)15-21(14-19)28-24(30)22-7-5-6-11-27-22/h5-9,11,13-15,17,26H,10,12,16H2,1-4H3,(H,28,30). The van der Waals surface area contributed by atoms with Gasteiger partial charge >= 0.3 is 0 Å². The molecule has 1 unspecified atom stereocenters. The molecule has 0 aliphatic rings. The predicted molar refractivity (Wildman–Crippen MR) is 125 cm³/mol. The van der Waals surface area contributed by atoms with Gasteiger partial charge in [0.1, 0.15) is 17.2 Å². The highest BCUT2D eigenvalue weighted by Gasteiger charge is 2.14. The lowest BCUT2D eigenvalue weighted by Crippen LogP contribution is -2.23. The average Bonchev–Trinajstić information content (AvgIpc) is 3.22. The molecule has 0 radical (unpaired) electrons. The third-order valence-corrected chi connectivity index (χ3v) is 5.13. The van der Waals surface area contributed by atoms with Crippen molar-refractivity contribution in [2.75, 3.05) is 26.0 Å². The van der Waals surface area contributed by atoms with E-state index in [1.54, 1.807) is 44.6 Å². The molecular weight excluding hydrogens is 404 g/mol. The van der Waals surface area contributed by atoms with Gasteiger partial charge in [-0.2, -0.15) is 0 Å². The van der Waals surface area contributed by atoms with Crippen molar-refractivity contribution in [2.45, 2.75) is 32.7 Å². The first kappa shape index (κ1) is 23.2. The molecule has 7 nitrogen and oxygen atoms in total. The zero-order valence-corrected chi connectivity index (χ0v) is 19.0. The van der Waals surface area contributed by atoms with Crippen molar-refractivity contribution < 1.29 is 14.0 Å². The van der Waals surface area contributed by atoms with E-state index in [1.165, 1.54) is 4.90 Å². The van der Waals surface area contributed by atoms with E-state index in [0.29, 0.717) is 29.4 Å². The fourth-order valence-electron chi connectivity index (χ4n) is 3.35. The molecule has 2 heterocycles. The van der Waals surface area contributed by atoms with Crippen molar-refractivity contribution >= 4 is 17.5 Å². The van der Waals surface area contributed by atoms with Gasteiger partial charge < -0.3 is 20.0 Å². The van der Waals surface area contributed by atoms with Crippen LogP contribution in [0.1, 0.15) is 57.2 Å². The van der Waals surface area contributed by atoms with Gasteiger partial charge in [0.05, 0.1) is 0 Å². The molecule has 3 aromatic rings. The molecule has 7 heteroatoms. The van der Waals surface area contributed by atoms with Crippen LogP contribution in [0.3, 0.4) is 0 Å². The van der Waals surface area contributed by atoms with Crippen LogP contribution in [0, 0.1) is 6.92 Å². The summed E-state index contributed by atoms with van der Waals surface area (Å²) in [6, 6.07) is 14.6. The van der Waals surface area contributed by atoms with Crippen LogP contribution < -0.4 is 10.6 Å². The number of benzene rings is 1. The quantitative estimate of drug-likeness (QED) is 0.493. The number of pyridine rings is 1. The Morgan fingerprint density at radius 3 is 2.59 bits per heavy atom. The van der Waals surface area contributed by atoms with E-state index in [0.717, 1.165) is 30.0 Å². The molecule has 2 aromatic heterocycles. The lowest BCUT2D eigenvalue weighted by atomic mass is 10.0. The normalized spacial score (nSPS) is 11.8. The molecule has 0 saturated carbocycles. The summed E-state index contributed by atoms with van der Waals surface area (Å²) in [7, 11) is 3.41.